The van der Waals surface area contributed by atoms with E-state index in [1.807, 2.05) is 0 Å². The van der Waals surface area contributed by atoms with Crippen LogP contribution in [-0.4, -0.2) is 31.0 Å². The number of methoxy groups -OCH3 is 1. The second-order valence-corrected chi connectivity index (χ2v) is 4.86. The van der Waals surface area contributed by atoms with Crippen LogP contribution in [0.15, 0.2) is 18.2 Å². The molecule has 0 saturated heterocycles. The number of carbonyl (C=O) groups is 1. The lowest BCUT2D eigenvalue weighted by Gasteiger charge is -2.17. The summed E-state index contributed by atoms with van der Waals surface area (Å²) in [5, 5.41) is 3.65. The van der Waals surface area contributed by atoms with Crippen molar-refractivity contribution in [3.05, 3.63) is 35.1 Å². The number of halogens is 2. The van der Waals surface area contributed by atoms with Gasteiger partial charge in [-0.2, -0.15) is 0 Å². The SMILES string of the molecule is COCC(CCBr)NC(=O)c1ccc(F)c(C)c1. The largest absolute Gasteiger partial charge is 0.383 e. The molecule has 5 heteroatoms. The van der Waals surface area contributed by atoms with E-state index in [4.69, 9.17) is 4.74 Å². The van der Waals surface area contributed by atoms with Crippen LogP contribution < -0.4 is 5.32 Å². The summed E-state index contributed by atoms with van der Waals surface area (Å²) in [6, 6.07) is 4.28. The molecule has 0 bridgehead atoms. The van der Waals surface area contributed by atoms with E-state index in [1.54, 1.807) is 20.1 Å². The van der Waals surface area contributed by atoms with Crippen LogP contribution in [0.3, 0.4) is 0 Å². The van der Waals surface area contributed by atoms with Crippen molar-refractivity contribution in [3.63, 3.8) is 0 Å². The molecule has 1 N–H and O–H groups in total. The van der Waals surface area contributed by atoms with Gasteiger partial charge in [-0.15, -0.1) is 0 Å². The van der Waals surface area contributed by atoms with E-state index < -0.39 is 0 Å². The van der Waals surface area contributed by atoms with Crippen LogP contribution in [0.1, 0.15) is 22.3 Å². The van der Waals surface area contributed by atoms with Crippen molar-refractivity contribution < 1.29 is 13.9 Å². The maximum absolute atomic E-state index is 13.1. The van der Waals surface area contributed by atoms with Crippen LogP contribution in [0.2, 0.25) is 0 Å². The van der Waals surface area contributed by atoms with Crippen LogP contribution >= 0.6 is 15.9 Å². The highest BCUT2D eigenvalue weighted by molar-refractivity contribution is 9.09. The molecule has 1 aromatic carbocycles. The van der Waals surface area contributed by atoms with Crippen molar-refractivity contribution in [1.82, 2.24) is 5.32 Å². The first-order chi connectivity index (χ1) is 8.58. The first kappa shape index (κ1) is 15.1. The Labute approximate surface area is 115 Å². The maximum atomic E-state index is 13.1. The quantitative estimate of drug-likeness (QED) is 0.819. The highest BCUT2D eigenvalue weighted by atomic mass is 79.9. The summed E-state index contributed by atoms with van der Waals surface area (Å²) >= 11 is 3.33. The van der Waals surface area contributed by atoms with Gasteiger partial charge in [0.2, 0.25) is 0 Å². The van der Waals surface area contributed by atoms with E-state index >= 15 is 0 Å². The molecule has 100 valence electrons. The van der Waals surface area contributed by atoms with Crippen molar-refractivity contribution in [2.45, 2.75) is 19.4 Å². The van der Waals surface area contributed by atoms with Crippen molar-refractivity contribution in [2.75, 3.05) is 19.0 Å². The summed E-state index contributed by atoms with van der Waals surface area (Å²) in [6.45, 7) is 2.09. The van der Waals surface area contributed by atoms with Crippen LogP contribution in [0, 0.1) is 12.7 Å². The minimum Gasteiger partial charge on any atom is -0.383 e. The summed E-state index contributed by atoms with van der Waals surface area (Å²) in [5.41, 5.74) is 0.927. The second-order valence-electron chi connectivity index (χ2n) is 4.07. The monoisotopic (exact) mass is 317 g/mol. The standard InChI is InChI=1S/C13H17BrFNO2/c1-9-7-10(3-4-12(9)15)13(17)16-11(5-6-14)8-18-2/h3-4,7,11H,5-6,8H2,1-2H3,(H,16,17). The molecule has 0 aliphatic rings. The first-order valence-electron chi connectivity index (χ1n) is 5.70. The number of benzene rings is 1. The van der Waals surface area contributed by atoms with E-state index in [0.29, 0.717) is 17.7 Å². The van der Waals surface area contributed by atoms with Crippen LogP contribution in [0.4, 0.5) is 4.39 Å². The molecule has 0 aromatic heterocycles. The van der Waals surface area contributed by atoms with Gasteiger partial charge >= 0.3 is 0 Å². The van der Waals surface area contributed by atoms with Crippen LogP contribution in [0.5, 0.6) is 0 Å². The van der Waals surface area contributed by atoms with Crippen LogP contribution in [0.25, 0.3) is 0 Å². The zero-order chi connectivity index (χ0) is 13.5. The molecular weight excluding hydrogens is 301 g/mol. The van der Waals surface area contributed by atoms with E-state index in [-0.39, 0.29) is 17.8 Å². The van der Waals surface area contributed by atoms with Crippen molar-refractivity contribution in [2.24, 2.45) is 0 Å². The minimum absolute atomic E-state index is 0.0489. The van der Waals surface area contributed by atoms with E-state index in [9.17, 15) is 9.18 Å². The molecule has 0 aliphatic carbocycles. The Morgan fingerprint density at radius 2 is 2.28 bits per heavy atom. The van der Waals surface area contributed by atoms with Gasteiger partial charge in [0.05, 0.1) is 12.6 Å². The normalized spacial score (nSPS) is 12.2. The smallest absolute Gasteiger partial charge is 0.251 e. The van der Waals surface area contributed by atoms with Gasteiger partial charge in [-0.05, 0) is 37.1 Å². The van der Waals surface area contributed by atoms with E-state index in [1.165, 1.54) is 12.1 Å². The molecule has 1 rings (SSSR count). The molecule has 0 radical (unpaired) electrons. The lowest BCUT2D eigenvalue weighted by molar-refractivity contribution is 0.0895. The van der Waals surface area contributed by atoms with Gasteiger partial charge in [0.25, 0.3) is 5.91 Å². The van der Waals surface area contributed by atoms with Gasteiger partial charge in [0.1, 0.15) is 5.82 Å². The zero-order valence-electron chi connectivity index (χ0n) is 10.5. The minimum atomic E-state index is -0.305. The van der Waals surface area contributed by atoms with Crippen molar-refractivity contribution in [3.8, 4) is 0 Å². The van der Waals surface area contributed by atoms with Gasteiger partial charge in [0.15, 0.2) is 0 Å². The van der Waals surface area contributed by atoms with Gasteiger partial charge in [0, 0.05) is 18.0 Å². The molecule has 0 aliphatic heterocycles. The molecule has 18 heavy (non-hydrogen) atoms. The molecule has 0 saturated carbocycles. The zero-order valence-corrected chi connectivity index (χ0v) is 12.1. The van der Waals surface area contributed by atoms with Gasteiger partial charge in [-0.1, -0.05) is 15.9 Å². The third-order valence-electron chi connectivity index (χ3n) is 2.58. The fourth-order valence-corrected chi connectivity index (χ4v) is 2.14. The Morgan fingerprint density at radius 1 is 1.56 bits per heavy atom. The molecule has 1 aromatic rings. The van der Waals surface area contributed by atoms with Gasteiger partial charge < -0.3 is 10.1 Å². The van der Waals surface area contributed by atoms with Crippen LogP contribution in [-0.2, 0) is 4.74 Å². The molecule has 0 fully saturated rings. The molecule has 1 unspecified atom stereocenters. The Hall–Kier alpha value is -0.940. The maximum Gasteiger partial charge on any atom is 0.251 e. The Bertz CT molecular complexity index is 406. The highest BCUT2D eigenvalue weighted by Crippen LogP contribution is 2.09. The summed E-state index contributed by atoms with van der Waals surface area (Å²) in [4.78, 5) is 12.0. The average Bonchev–Trinajstić information content (AvgIpc) is 2.33. The number of alkyl halides is 1. The predicted octanol–water partition coefficient (Wildman–Crippen LogP) is 2.66. The topological polar surface area (TPSA) is 38.3 Å². The number of carbonyl (C=O) groups excluding carboxylic acids is 1. The number of nitrogens with one attached hydrogen (secondary N) is 1. The predicted molar refractivity (Wildman–Crippen MR) is 72.7 cm³/mol. The third kappa shape index (κ3) is 4.38. The molecule has 3 nitrogen and oxygen atoms in total. The fraction of sp³-hybridized carbons (Fsp3) is 0.462. The van der Waals surface area contributed by atoms with E-state index in [0.717, 1.165) is 11.8 Å². The fourth-order valence-electron chi connectivity index (χ4n) is 1.58. The lowest BCUT2D eigenvalue weighted by atomic mass is 10.1. The summed E-state index contributed by atoms with van der Waals surface area (Å²) in [5.74, 6) is -0.512. The number of ether oxygens (including phenoxy) is 1. The van der Waals surface area contributed by atoms with E-state index in [2.05, 4.69) is 21.2 Å². The third-order valence-corrected chi connectivity index (χ3v) is 3.04. The van der Waals surface area contributed by atoms with Gasteiger partial charge in [-0.3, -0.25) is 4.79 Å². The van der Waals surface area contributed by atoms with Crippen molar-refractivity contribution >= 4 is 21.8 Å². The summed E-state index contributed by atoms with van der Waals surface area (Å²) < 4.78 is 18.1. The second kappa shape index (κ2) is 7.48. The average molecular weight is 318 g/mol. The lowest BCUT2D eigenvalue weighted by Crippen LogP contribution is -2.38. The number of amides is 1. The number of rotatable bonds is 6. The summed E-state index contributed by atoms with van der Waals surface area (Å²) in [6.07, 6.45) is 0.778. The Balaban J connectivity index is 2.70. The molecule has 1 amide bonds. The number of aryl methyl sites for hydroxylation is 1. The number of hydrogen-bond donors (Lipinski definition) is 1. The van der Waals surface area contributed by atoms with Crippen molar-refractivity contribution in [1.29, 1.82) is 0 Å². The molecule has 0 spiro atoms. The van der Waals surface area contributed by atoms with Gasteiger partial charge in [-0.25, -0.2) is 4.39 Å². The molecule has 0 heterocycles. The number of hydrogen-bond acceptors (Lipinski definition) is 2. The first-order valence-corrected chi connectivity index (χ1v) is 6.82. The highest BCUT2D eigenvalue weighted by Gasteiger charge is 2.13. The molecular formula is C13H17BrFNO2. The Kier molecular flexibility index (Phi) is 6.29. The molecule has 1 atom stereocenters. The summed E-state index contributed by atoms with van der Waals surface area (Å²) in [7, 11) is 1.59. The Morgan fingerprint density at radius 3 is 2.83 bits per heavy atom.